The minimum Gasteiger partial charge on any atom is -0.369 e. The van der Waals surface area contributed by atoms with Crippen molar-refractivity contribution in [2.24, 2.45) is 11.1 Å². The molecule has 0 radical (unpaired) electrons. The topological polar surface area (TPSA) is 43.1 Å². The molecule has 0 bridgehead atoms. The van der Waals surface area contributed by atoms with Crippen molar-refractivity contribution in [3.8, 4) is 0 Å². The lowest BCUT2D eigenvalue weighted by molar-refractivity contribution is -0.126. The Bertz CT molecular complexity index is 332. The highest BCUT2D eigenvalue weighted by atomic mass is 16.1. The number of primary amides is 1. The van der Waals surface area contributed by atoms with Crippen molar-refractivity contribution in [1.29, 1.82) is 0 Å². The Morgan fingerprint density at radius 3 is 2.15 bits per heavy atom. The van der Waals surface area contributed by atoms with Crippen LogP contribution in [0.3, 0.4) is 0 Å². The van der Waals surface area contributed by atoms with Gasteiger partial charge in [-0.15, -0.1) is 0 Å². The first-order chi connectivity index (χ1) is 6.12. The van der Waals surface area contributed by atoms with E-state index < -0.39 is 0 Å². The molecule has 1 aliphatic rings. The van der Waals surface area contributed by atoms with Gasteiger partial charge in [-0.05, 0) is 24.0 Å². The number of carbonyl (C=O) groups excluding carboxylic acids is 1. The summed E-state index contributed by atoms with van der Waals surface area (Å²) in [5, 5.41) is 0. The molecular weight excluding hydrogens is 162 g/mol. The second kappa shape index (κ2) is 2.59. The van der Waals surface area contributed by atoms with Gasteiger partial charge in [0.2, 0.25) is 5.91 Å². The number of fused-ring (bicyclic) bond motifs is 1. The van der Waals surface area contributed by atoms with Crippen LogP contribution in [0.25, 0.3) is 0 Å². The van der Waals surface area contributed by atoms with E-state index in [4.69, 9.17) is 5.73 Å². The molecule has 1 amide bonds. The van der Waals surface area contributed by atoms with E-state index in [1.165, 1.54) is 11.1 Å². The molecule has 0 saturated heterocycles. The summed E-state index contributed by atoms with van der Waals surface area (Å²) in [4.78, 5) is 11.2. The van der Waals surface area contributed by atoms with E-state index in [0.717, 1.165) is 12.8 Å². The molecular formula is C11H13NO. The zero-order valence-electron chi connectivity index (χ0n) is 7.71. The maximum atomic E-state index is 11.2. The van der Waals surface area contributed by atoms with Crippen molar-refractivity contribution >= 4 is 5.91 Å². The number of amides is 1. The first-order valence-corrected chi connectivity index (χ1v) is 4.48. The second-order valence-corrected chi connectivity index (χ2v) is 4.05. The molecule has 2 rings (SSSR count). The van der Waals surface area contributed by atoms with Gasteiger partial charge in [-0.1, -0.05) is 31.2 Å². The van der Waals surface area contributed by atoms with E-state index in [-0.39, 0.29) is 11.3 Å². The zero-order valence-corrected chi connectivity index (χ0v) is 7.71. The minimum atomic E-state index is -0.357. The summed E-state index contributed by atoms with van der Waals surface area (Å²) in [6.45, 7) is 1.94. The molecule has 0 aromatic heterocycles. The van der Waals surface area contributed by atoms with E-state index in [2.05, 4.69) is 12.1 Å². The third kappa shape index (κ3) is 1.22. The summed E-state index contributed by atoms with van der Waals surface area (Å²) >= 11 is 0. The van der Waals surface area contributed by atoms with E-state index in [0.29, 0.717) is 0 Å². The quantitative estimate of drug-likeness (QED) is 0.686. The first kappa shape index (κ1) is 8.30. The maximum absolute atomic E-state index is 11.2. The van der Waals surface area contributed by atoms with Gasteiger partial charge in [0, 0.05) is 0 Å². The molecule has 68 valence electrons. The highest BCUT2D eigenvalue weighted by Crippen LogP contribution is 2.35. The Morgan fingerprint density at radius 2 is 1.77 bits per heavy atom. The van der Waals surface area contributed by atoms with Crippen LogP contribution >= 0.6 is 0 Å². The third-order valence-electron chi connectivity index (χ3n) is 2.87. The monoisotopic (exact) mass is 175 g/mol. The van der Waals surface area contributed by atoms with Crippen LogP contribution in [-0.2, 0) is 17.6 Å². The second-order valence-electron chi connectivity index (χ2n) is 4.05. The van der Waals surface area contributed by atoms with Gasteiger partial charge in [0.25, 0.3) is 0 Å². The van der Waals surface area contributed by atoms with Crippen LogP contribution in [0.5, 0.6) is 0 Å². The molecule has 1 aromatic rings. The fraction of sp³-hybridized carbons (Fsp3) is 0.364. The van der Waals surface area contributed by atoms with Gasteiger partial charge in [-0.25, -0.2) is 0 Å². The lowest BCUT2D eigenvalue weighted by Crippen LogP contribution is -2.34. The number of hydrogen-bond acceptors (Lipinski definition) is 1. The Kier molecular flexibility index (Phi) is 1.65. The van der Waals surface area contributed by atoms with Crippen LogP contribution in [0, 0.1) is 5.41 Å². The van der Waals surface area contributed by atoms with Crippen LogP contribution in [0.1, 0.15) is 18.1 Å². The molecule has 0 unspecified atom stereocenters. The van der Waals surface area contributed by atoms with Gasteiger partial charge >= 0.3 is 0 Å². The standard InChI is InChI=1S/C11H13NO/c1-11(10(12)13)6-8-4-2-3-5-9(8)7-11/h2-5H,6-7H2,1H3,(H2,12,13). The van der Waals surface area contributed by atoms with Crippen molar-refractivity contribution < 1.29 is 4.79 Å². The highest BCUT2D eigenvalue weighted by Gasteiger charge is 2.37. The van der Waals surface area contributed by atoms with Gasteiger partial charge in [0.1, 0.15) is 0 Å². The fourth-order valence-corrected chi connectivity index (χ4v) is 1.98. The van der Waals surface area contributed by atoms with Gasteiger partial charge < -0.3 is 5.73 Å². The van der Waals surface area contributed by atoms with Crippen LogP contribution in [-0.4, -0.2) is 5.91 Å². The Labute approximate surface area is 77.8 Å². The zero-order chi connectivity index (χ0) is 9.47. The molecule has 1 aromatic carbocycles. The lowest BCUT2D eigenvalue weighted by atomic mass is 9.87. The average Bonchev–Trinajstić information content (AvgIpc) is 2.42. The first-order valence-electron chi connectivity index (χ1n) is 4.48. The molecule has 0 saturated carbocycles. The summed E-state index contributed by atoms with van der Waals surface area (Å²) < 4.78 is 0. The number of benzene rings is 1. The number of hydrogen-bond donors (Lipinski definition) is 1. The summed E-state index contributed by atoms with van der Waals surface area (Å²) in [7, 11) is 0. The van der Waals surface area contributed by atoms with Crippen molar-refractivity contribution in [3.05, 3.63) is 35.4 Å². The molecule has 0 atom stereocenters. The minimum absolute atomic E-state index is 0.191. The van der Waals surface area contributed by atoms with E-state index >= 15 is 0 Å². The van der Waals surface area contributed by atoms with Gasteiger partial charge in [-0.3, -0.25) is 4.79 Å². The smallest absolute Gasteiger partial charge is 0.224 e. The van der Waals surface area contributed by atoms with Crippen molar-refractivity contribution in [2.75, 3.05) is 0 Å². The predicted molar refractivity (Wildman–Crippen MR) is 51.2 cm³/mol. The average molecular weight is 175 g/mol. The lowest BCUT2D eigenvalue weighted by Gasteiger charge is -2.17. The number of carbonyl (C=O) groups is 1. The highest BCUT2D eigenvalue weighted by molar-refractivity contribution is 5.82. The van der Waals surface area contributed by atoms with Gasteiger partial charge in [0.15, 0.2) is 0 Å². The number of nitrogens with two attached hydrogens (primary N) is 1. The van der Waals surface area contributed by atoms with E-state index in [9.17, 15) is 4.79 Å². The number of rotatable bonds is 1. The van der Waals surface area contributed by atoms with E-state index in [1.807, 2.05) is 19.1 Å². The molecule has 0 fully saturated rings. The molecule has 2 N–H and O–H groups in total. The molecule has 13 heavy (non-hydrogen) atoms. The Hall–Kier alpha value is -1.31. The molecule has 0 spiro atoms. The molecule has 1 aliphatic carbocycles. The van der Waals surface area contributed by atoms with Gasteiger partial charge in [0.05, 0.1) is 5.41 Å². The Balaban J connectivity index is 2.37. The SMILES string of the molecule is CC1(C(N)=O)Cc2ccccc2C1. The van der Waals surface area contributed by atoms with Crippen molar-refractivity contribution in [1.82, 2.24) is 0 Å². The summed E-state index contributed by atoms with van der Waals surface area (Å²) in [6, 6.07) is 8.16. The summed E-state index contributed by atoms with van der Waals surface area (Å²) in [5.41, 5.74) is 7.55. The Morgan fingerprint density at radius 1 is 1.31 bits per heavy atom. The van der Waals surface area contributed by atoms with Crippen LogP contribution in [0.15, 0.2) is 24.3 Å². The van der Waals surface area contributed by atoms with Crippen LogP contribution < -0.4 is 5.73 Å². The normalized spacial score (nSPS) is 18.2. The molecule has 2 heteroatoms. The summed E-state index contributed by atoms with van der Waals surface area (Å²) in [5.74, 6) is -0.191. The van der Waals surface area contributed by atoms with Gasteiger partial charge in [-0.2, -0.15) is 0 Å². The maximum Gasteiger partial charge on any atom is 0.224 e. The van der Waals surface area contributed by atoms with Crippen molar-refractivity contribution in [2.45, 2.75) is 19.8 Å². The largest absolute Gasteiger partial charge is 0.369 e. The molecule has 0 heterocycles. The van der Waals surface area contributed by atoms with Crippen LogP contribution in [0.4, 0.5) is 0 Å². The molecule has 2 nitrogen and oxygen atoms in total. The predicted octanol–water partition coefficient (Wildman–Crippen LogP) is 1.28. The fourth-order valence-electron chi connectivity index (χ4n) is 1.98. The third-order valence-corrected chi connectivity index (χ3v) is 2.87. The molecule has 0 aliphatic heterocycles. The van der Waals surface area contributed by atoms with E-state index in [1.54, 1.807) is 0 Å². The van der Waals surface area contributed by atoms with Crippen LogP contribution in [0.2, 0.25) is 0 Å². The summed E-state index contributed by atoms with van der Waals surface area (Å²) in [6.07, 6.45) is 1.58. The van der Waals surface area contributed by atoms with Crippen molar-refractivity contribution in [3.63, 3.8) is 0 Å².